The lowest BCUT2D eigenvalue weighted by molar-refractivity contribution is -0.0607. The quantitative estimate of drug-likeness (QED) is 0.122. The Bertz CT molecular complexity index is 2920. The van der Waals surface area contributed by atoms with Crippen molar-refractivity contribution < 1.29 is 4.74 Å². The monoisotopic (exact) mass is 883 g/mol. The summed E-state index contributed by atoms with van der Waals surface area (Å²) in [5.41, 5.74) is 9.22. The molecule has 18 heteroatoms. The molecular weight excluding hydrogens is 831 g/mol. The maximum Gasteiger partial charge on any atom is 0.224 e. The highest BCUT2D eigenvalue weighted by atomic mass is 16.5. The fourth-order valence-electron chi connectivity index (χ4n) is 10.4. The van der Waals surface area contributed by atoms with Crippen molar-refractivity contribution in [1.29, 1.82) is 0 Å². The van der Waals surface area contributed by atoms with Crippen molar-refractivity contribution in [2.24, 2.45) is 4.99 Å². The van der Waals surface area contributed by atoms with Gasteiger partial charge in [-0.25, -0.2) is 34.4 Å². The second-order valence-corrected chi connectivity index (χ2v) is 18.0. The molecule has 5 aliphatic heterocycles. The number of aromatic amines is 1. The number of allylic oxidation sites excluding steroid dienone is 2. The molecule has 18 nitrogen and oxygen atoms in total. The van der Waals surface area contributed by atoms with Gasteiger partial charge < -0.3 is 40.8 Å². The van der Waals surface area contributed by atoms with E-state index in [1.165, 1.54) is 5.57 Å². The molecule has 6 aromatic rings. The first-order valence-corrected chi connectivity index (χ1v) is 23.2. The smallest absolute Gasteiger partial charge is 0.224 e. The normalized spacial score (nSPS) is 23.3. The van der Waals surface area contributed by atoms with Gasteiger partial charge in [0.25, 0.3) is 0 Å². The van der Waals surface area contributed by atoms with E-state index >= 15 is 0 Å². The van der Waals surface area contributed by atoms with Crippen LogP contribution in [-0.4, -0.2) is 137 Å². The van der Waals surface area contributed by atoms with Crippen LogP contribution in [0.15, 0.2) is 103 Å². The standard InChI is InChI=1S/C48H53N17O/c1-30-18-51-41-10-3-32(25-63(41)24-30)37-21-53-46-44(37)47(58-28-57-46)60-34-5-7-35(8-6-34)62-16-17-66-40(27-62)39-23-49-14-15-64(39)42-9-2-31(19-52-42)20-54-48-55-22-38-36(12-13-50-45(38)61-48)33-4-11-43-56-29-59-65(43)26-33/h2-4,9-12,18-19,21-22,25-26,28-29,34-35,39-40,49H,5-8,13-17,20,23-24,27H2,1H3,(H2,50,54,55,61)(H2,53,57,58,60). The van der Waals surface area contributed by atoms with E-state index in [0.717, 1.165) is 145 Å². The molecule has 2 unspecified atom stereocenters. The molecule has 66 heavy (non-hydrogen) atoms. The van der Waals surface area contributed by atoms with Crippen LogP contribution in [0.4, 0.5) is 23.4 Å². The number of amidine groups is 1. The molecule has 6 aromatic heterocycles. The summed E-state index contributed by atoms with van der Waals surface area (Å²) >= 11 is 0. The first-order chi connectivity index (χ1) is 32.6. The van der Waals surface area contributed by atoms with Gasteiger partial charge in [-0.15, -0.1) is 0 Å². The third-order valence-corrected chi connectivity index (χ3v) is 13.8. The fourth-order valence-corrected chi connectivity index (χ4v) is 10.4. The number of hydrogen-bond acceptors (Lipinski definition) is 16. The van der Waals surface area contributed by atoms with Crippen LogP contribution < -0.4 is 26.2 Å². The summed E-state index contributed by atoms with van der Waals surface area (Å²) < 4.78 is 8.36. The summed E-state index contributed by atoms with van der Waals surface area (Å²) in [5, 5.41) is 19.7. The zero-order valence-corrected chi connectivity index (χ0v) is 36.9. The van der Waals surface area contributed by atoms with E-state index in [4.69, 9.17) is 19.7 Å². The molecule has 1 aliphatic carbocycles. The lowest BCUT2D eigenvalue weighted by Gasteiger charge is -2.47. The third-order valence-electron chi connectivity index (χ3n) is 13.8. The van der Waals surface area contributed by atoms with Crippen LogP contribution in [0.3, 0.4) is 0 Å². The molecule has 6 aliphatic rings. The van der Waals surface area contributed by atoms with E-state index in [-0.39, 0.29) is 12.1 Å². The summed E-state index contributed by atoms with van der Waals surface area (Å²) in [6, 6.07) is 9.37. The summed E-state index contributed by atoms with van der Waals surface area (Å²) in [6.07, 6.45) is 26.1. The molecule has 5 N–H and O–H groups in total. The summed E-state index contributed by atoms with van der Waals surface area (Å²) in [5.74, 6) is 4.20. The van der Waals surface area contributed by atoms with Gasteiger partial charge in [-0.1, -0.05) is 12.1 Å². The number of anilines is 4. The van der Waals surface area contributed by atoms with Gasteiger partial charge in [0, 0.05) is 124 Å². The van der Waals surface area contributed by atoms with E-state index < -0.39 is 0 Å². The number of piperazine rings is 1. The van der Waals surface area contributed by atoms with Crippen molar-refractivity contribution in [2.75, 3.05) is 73.3 Å². The molecule has 0 amide bonds. The van der Waals surface area contributed by atoms with Gasteiger partial charge in [-0.2, -0.15) is 10.1 Å². The number of rotatable bonds is 10. The van der Waals surface area contributed by atoms with Crippen molar-refractivity contribution in [3.05, 3.63) is 120 Å². The highest BCUT2D eigenvalue weighted by molar-refractivity contribution is 6.05. The van der Waals surface area contributed by atoms with Gasteiger partial charge in [-0.3, -0.25) is 4.90 Å². The Labute approximate surface area is 382 Å². The summed E-state index contributed by atoms with van der Waals surface area (Å²) in [6.45, 7) is 9.44. The highest BCUT2D eigenvalue weighted by Crippen LogP contribution is 2.35. The van der Waals surface area contributed by atoms with E-state index in [2.05, 4.69) is 122 Å². The molecule has 1 saturated carbocycles. The SMILES string of the molecule is CC1=CN=C2C=CC(c3c[nH]c4ncnc(NC5CCC(N6CCOC(C7CNCCN7c7ccc(CNc8ncc9c(n8)NCC=C9c8ccc9ncnn9c8)cn7)C6)CC5)c34)=CN2C1. The first-order valence-electron chi connectivity index (χ1n) is 23.2. The minimum absolute atomic E-state index is 0.0813. The molecule has 12 rings (SSSR count). The number of pyridine rings is 2. The maximum absolute atomic E-state index is 6.57. The number of hydrogen-bond donors (Lipinski definition) is 5. The van der Waals surface area contributed by atoms with E-state index in [0.29, 0.717) is 31.1 Å². The van der Waals surface area contributed by atoms with E-state index in [1.807, 2.05) is 30.9 Å². The minimum Gasteiger partial charge on any atom is -0.373 e. The van der Waals surface area contributed by atoms with Gasteiger partial charge in [-0.05, 0) is 79.7 Å². The second kappa shape index (κ2) is 17.4. The Morgan fingerprint density at radius 1 is 0.939 bits per heavy atom. The number of nitrogens with one attached hydrogen (secondary N) is 5. The van der Waals surface area contributed by atoms with Crippen LogP contribution in [-0.2, 0) is 11.3 Å². The second-order valence-electron chi connectivity index (χ2n) is 18.0. The summed E-state index contributed by atoms with van der Waals surface area (Å²) in [7, 11) is 0. The number of H-pyrrole nitrogens is 1. The molecule has 2 saturated heterocycles. The van der Waals surface area contributed by atoms with Gasteiger partial charge >= 0.3 is 0 Å². The zero-order valence-electron chi connectivity index (χ0n) is 36.9. The minimum atomic E-state index is 0.0813. The van der Waals surface area contributed by atoms with Crippen LogP contribution in [0.25, 0.3) is 27.8 Å². The van der Waals surface area contributed by atoms with E-state index in [9.17, 15) is 0 Å². The van der Waals surface area contributed by atoms with Gasteiger partial charge in [0.1, 0.15) is 41.6 Å². The first kappa shape index (κ1) is 40.5. The fraction of sp³-hybridized carbons (Fsp3) is 0.375. The predicted octanol–water partition coefficient (Wildman–Crippen LogP) is 5.09. The molecular formula is C48H53N17O. The Kier molecular flexibility index (Phi) is 10.7. The Morgan fingerprint density at radius 2 is 1.89 bits per heavy atom. The van der Waals surface area contributed by atoms with Crippen LogP contribution in [0.2, 0.25) is 0 Å². The highest BCUT2D eigenvalue weighted by Gasteiger charge is 2.37. The number of ether oxygens (including phenoxy) is 1. The molecule has 0 spiro atoms. The Balaban J connectivity index is 0.658. The number of fused-ring (bicyclic) bond motifs is 4. The molecule has 11 heterocycles. The molecule has 0 bridgehead atoms. The number of aliphatic imine (C=N–C) groups is 1. The third kappa shape index (κ3) is 7.94. The van der Waals surface area contributed by atoms with Gasteiger partial charge in [0.05, 0.1) is 24.1 Å². The van der Waals surface area contributed by atoms with Gasteiger partial charge in [0.15, 0.2) is 5.65 Å². The van der Waals surface area contributed by atoms with Crippen LogP contribution in [0.5, 0.6) is 0 Å². The molecule has 3 fully saturated rings. The van der Waals surface area contributed by atoms with Gasteiger partial charge in [0.2, 0.25) is 5.95 Å². The van der Waals surface area contributed by atoms with E-state index in [1.54, 1.807) is 17.2 Å². The lowest BCUT2D eigenvalue weighted by Crippen LogP contribution is -2.62. The number of nitrogens with zero attached hydrogens (tertiary/aromatic N) is 12. The number of aromatic nitrogens is 9. The van der Waals surface area contributed by atoms with Crippen molar-refractivity contribution >= 4 is 57.1 Å². The lowest BCUT2D eigenvalue weighted by atomic mass is 9.89. The topological polar surface area (TPSA) is 190 Å². The van der Waals surface area contributed by atoms with Crippen molar-refractivity contribution in [3.63, 3.8) is 0 Å². The Morgan fingerprint density at radius 3 is 2.82 bits per heavy atom. The molecule has 2 atom stereocenters. The van der Waals surface area contributed by atoms with Crippen LogP contribution in [0.1, 0.15) is 54.9 Å². The molecule has 336 valence electrons. The maximum atomic E-state index is 6.57. The van der Waals surface area contributed by atoms with Crippen LogP contribution >= 0.6 is 0 Å². The summed E-state index contributed by atoms with van der Waals surface area (Å²) in [4.78, 5) is 43.5. The largest absolute Gasteiger partial charge is 0.373 e. The zero-order chi connectivity index (χ0) is 44.0. The average molecular weight is 884 g/mol. The van der Waals surface area contributed by atoms with Crippen molar-refractivity contribution in [1.82, 2.24) is 59.6 Å². The number of morpholine rings is 1. The average Bonchev–Trinajstić information content (AvgIpc) is 4.04. The Hall–Kier alpha value is -7.02. The van der Waals surface area contributed by atoms with Crippen LogP contribution in [0, 0.1) is 0 Å². The predicted molar refractivity (Wildman–Crippen MR) is 256 cm³/mol. The molecule has 0 radical (unpaired) electrons. The van der Waals surface area contributed by atoms with Crippen molar-refractivity contribution in [2.45, 2.75) is 63.4 Å². The molecule has 0 aromatic carbocycles. The van der Waals surface area contributed by atoms with Crippen molar-refractivity contribution in [3.8, 4) is 0 Å².